The third-order valence-electron chi connectivity index (χ3n) is 1.48. The predicted molar refractivity (Wildman–Crippen MR) is 42.3 cm³/mol. The fourth-order valence-electron chi connectivity index (χ4n) is 0.843. The van der Waals surface area contributed by atoms with E-state index in [0.29, 0.717) is 12.2 Å². The number of tetrazole rings is 1. The highest BCUT2D eigenvalue weighted by Gasteiger charge is 2.19. The minimum absolute atomic E-state index is 0.400. The molecule has 1 aromatic heterocycles. The van der Waals surface area contributed by atoms with Gasteiger partial charge in [0.1, 0.15) is 6.29 Å². The maximum absolute atomic E-state index is 10.6. The summed E-state index contributed by atoms with van der Waals surface area (Å²) in [6.07, 6.45) is 1.44. The molecule has 0 aliphatic carbocycles. The quantitative estimate of drug-likeness (QED) is 0.595. The maximum Gasteiger partial charge on any atom is 0.175 e. The van der Waals surface area contributed by atoms with E-state index >= 15 is 0 Å². The van der Waals surface area contributed by atoms with Crippen molar-refractivity contribution in [2.75, 3.05) is 0 Å². The van der Waals surface area contributed by atoms with Gasteiger partial charge in [0.05, 0.1) is 7.05 Å². The van der Waals surface area contributed by atoms with Gasteiger partial charge in [-0.15, -0.1) is 10.2 Å². The molecule has 1 rings (SSSR count). The second-order valence-corrected chi connectivity index (χ2v) is 3.48. The molecule has 0 saturated heterocycles. The highest BCUT2D eigenvalue weighted by Crippen LogP contribution is 2.15. The molecule has 1 heterocycles. The first-order valence-corrected chi connectivity index (χ1v) is 3.73. The molecule has 0 atom stereocenters. The minimum atomic E-state index is -0.400. The highest BCUT2D eigenvalue weighted by atomic mass is 16.1. The van der Waals surface area contributed by atoms with Gasteiger partial charge in [0.2, 0.25) is 0 Å². The lowest BCUT2D eigenvalue weighted by atomic mass is 9.91. The zero-order chi connectivity index (χ0) is 9.19. The molecule has 0 unspecified atom stereocenters. The summed E-state index contributed by atoms with van der Waals surface area (Å²) in [5, 5.41) is 11.4. The first kappa shape index (κ1) is 8.83. The Morgan fingerprint density at radius 2 is 2.25 bits per heavy atom. The van der Waals surface area contributed by atoms with Crippen molar-refractivity contribution in [3.05, 3.63) is 5.82 Å². The Kier molecular flexibility index (Phi) is 2.21. The molecular formula is C7H12N4O. The number of aldehydes is 1. The van der Waals surface area contributed by atoms with Crippen molar-refractivity contribution in [1.29, 1.82) is 0 Å². The number of aromatic nitrogens is 4. The van der Waals surface area contributed by atoms with Gasteiger partial charge in [0.15, 0.2) is 5.82 Å². The summed E-state index contributed by atoms with van der Waals surface area (Å²) in [7, 11) is 1.70. The van der Waals surface area contributed by atoms with Crippen LogP contribution in [-0.4, -0.2) is 26.5 Å². The van der Waals surface area contributed by atoms with Crippen LogP contribution < -0.4 is 0 Å². The SMILES string of the molecule is Cn1nnc(CC(C)(C)C=O)n1. The number of hydrogen-bond donors (Lipinski definition) is 0. The molecule has 0 aliphatic heterocycles. The molecule has 66 valence electrons. The van der Waals surface area contributed by atoms with E-state index in [4.69, 9.17) is 0 Å². The fourth-order valence-corrected chi connectivity index (χ4v) is 0.843. The smallest absolute Gasteiger partial charge is 0.175 e. The molecule has 0 amide bonds. The molecule has 5 nitrogen and oxygen atoms in total. The van der Waals surface area contributed by atoms with Gasteiger partial charge in [0.25, 0.3) is 0 Å². The van der Waals surface area contributed by atoms with Gasteiger partial charge in [-0.1, -0.05) is 13.8 Å². The van der Waals surface area contributed by atoms with Gasteiger partial charge in [0, 0.05) is 11.8 Å². The van der Waals surface area contributed by atoms with E-state index in [-0.39, 0.29) is 0 Å². The van der Waals surface area contributed by atoms with Crippen LogP contribution in [0, 0.1) is 5.41 Å². The molecule has 1 aromatic rings. The summed E-state index contributed by atoms with van der Waals surface area (Å²) in [4.78, 5) is 11.9. The van der Waals surface area contributed by atoms with Crippen LogP contribution in [0.25, 0.3) is 0 Å². The van der Waals surface area contributed by atoms with Crippen LogP contribution in [0.3, 0.4) is 0 Å². The van der Waals surface area contributed by atoms with Crippen LogP contribution in [0.5, 0.6) is 0 Å². The molecule has 0 aromatic carbocycles. The molecule has 0 radical (unpaired) electrons. The predicted octanol–water partition coefficient (Wildman–Crippen LogP) is -0.0223. The lowest BCUT2D eigenvalue weighted by Gasteiger charge is -2.12. The third kappa shape index (κ3) is 2.11. The minimum Gasteiger partial charge on any atom is -0.303 e. The van der Waals surface area contributed by atoms with Gasteiger partial charge in [-0.25, -0.2) is 0 Å². The molecular weight excluding hydrogens is 156 g/mol. The zero-order valence-corrected chi connectivity index (χ0v) is 7.48. The third-order valence-corrected chi connectivity index (χ3v) is 1.48. The van der Waals surface area contributed by atoms with Gasteiger partial charge in [-0.2, -0.15) is 4.80 Å². The summed E-state index contributed by atoms with van der Waals surface area (Å²) in [5.41, 5.74) is -0.400. The van der Waals surface area contributed by atoms with E-state index in [1.165, 1.54) is 4.80 Å². The molecule has 5 heteroatoms. The standard InChI is InChI=1S/C7H12N4O/c1-7(2,5-12)4-6-8-10-11(3)9-6/h5H,4H2,1-3H3. The normalized spacial score (nSPS) is 11.6. The van der Waals surface area contributed by atoms with Crippen LogP contribution in [0.15, 0.2) is 0 Å². The number of carbonyl (C=O) groups excluding carboxylic acids is 1. The van der Waals surface area contributed by atoms with Crippen LogP contribution in [-0.2, 0) is 18.3 Å². The second kappa shape index (κ2) is 3.00. The van der Waals surface area contributed by atoms with E-state index in [0.717, 1.165) is 6.29 Å². The van der Waals surface area contributed by atoms with Crippen LogP contribution in [0.1, 0.15) is 19.7 Å². The number of aryl methyl sites for hydroxylation is 1. The van der Waals surface area contributed by atoms with Crippen molar-refractivity contribution in [2.24, 2.45) is 12.5 Å². The van der Waals surface area contributed by atoms with Crippen molar-refractivity contribution < 1.29 is 4.79 Å². The van der Waals surface area contributed by atoms with Crippen molar-refractivity contribution in [2.45, 2.75) is 20.3 Å². The van der Waals surface area contributed by atoms with Crippen molar-refractivity contribution >= 4 is 6.29 Å². The highest BCUT2D eigenvalue weighted by molar-refractivity contribution is 5.58. The second-order valence-electron chi connectivity index (χ2n) is 3.48. The summed E-state index contributed by atoms with van der Waals surface area (Å²) in [5.74, 6) is 0.606. The van der Waals surface area contributed by atoms with Crippen LogP contribution in [0.2, 0.25) is 0 Å². The number of carbonyl (C=O) groups is 1. The lowest BCUT2D eigenvalue weighted by molar-refractivity contribution is -0.114. The van der Waals surface area contributed by atoms with E-state index in [9.17, 15) is 4.79 Å². The summed E-state index contributed by atoms with van der Waals surface area (Å²) in [6, 6.07) is 0. The number of hydrogen-bond acceptors (Lipinski definition) is 4. The van der Waals surface area contributed by atoms with Crippen molar-refractivity contribution in [3.8, 4) is 0 Å². The van der Waals surface area contributed by atoms with Gasteiger partial charge in [-0.3, -0.25) is 0 Å². The molecule has 0 bridgehead atoms. The van der Waals surface area contributed by atoms with Gasteiger partial charge >= 0.3 is 0 Å². The fraction of sp³-hybridized carbons (Fsp3) is 0.714. The van der Waals surface area contributed by atoms with Crippen LogP contribution in [0.4, 0.5) is 0 Å². The first-order valence-electron chi connectivity index (χ1n) is 3.73. The average molecular weight is 168 g/mol. The summed E-state index contributed by atoms with van der Waals surface area (Å²) < 4.78 is 0. The van der Waals surface area contributed by atoms with Crippen LogP contribution >= 0.6 is 0 Å². The topological polar surface area (TPSA) is 60.7 Å². The Balaban J connectivity index is 2.69. The Labute approximate surface area is 70.8 Å². The molecule has 0 aliphatic rings. The van der Waals surface area contributed by atoms with Crippen molar-refractivity contribution in [3.63, 3.8) is 0 Å². The molecule has 0 N–H and O–H groups in total. The lowest BCUT2D eigenvalue weighted by Crippen LogP contribution is -2.17. The Hall–Kier alpha value is -1.26. The summed E-state index contributed by atoms with van der Waals surface area (Å²) >= 11 is 0. The average Bonchev–Trinajstić information content (AvgIpc) is 2.35. The monoisotopic (exact) mass is 168 g/mol. The zero-order valence-electron chi connectivity index (χ0n) is 7.48. The number of rotatable bonds is 3. The van der Waals surface area contributed by atoms with E-state index < -0.39 is 5.41 Å². The number of nitrogens with zero attached hydrogens (tertiary/aromatic N) is 4. The molecule has 0 fully saturated rings. The Morgan fingerprint density at radius 1 is 1.58 bits per heavy atom. The van der Waals surface area contributed by atoms with E-state index in [1.54, 1.807) is 7.05 Å². The molecule has 12 heavy (non-hydrogen) atoms. The van der Waals surface area contributed by atoms with E-state index in [1.807, 2.05) is 13.8 Å². The Morgan fingerprint density at radius 3 is 2.67 bits per heavy atom. The van der Waals surface area contributed by atoms with Gasteiger partial charge < -0.3 is 4.79 Å². The van der Waals surface area contributed by atoms with Crippen molar-refractivity contribution in [1.82, 2.24) is 20.2 Å². The molecule has 0 spiro atoms. The molecule has 0 saturated carbocycles. The first-order chi connectivity index (χ1) is 5.53. The van der Waals surface area contributed by atoms with Gasteiger partial charge in [-0.05, 0) is 5.21 Å². The maximum atomic E-state index is 10.6. The largest absolute Gasteiger partial charge is 0.303 e. The van der Waals surface area contributed by atoms with E-state index in [2.05, 4.69) is 15.4 Å². The Bertz CT molecular complexity index is 279. The summed E-state index contributed by atoms with van der Waals surface area (Å²) in [6.45, 7) is 3.69.